The van der Waals surface area contributed by atoms with Gasteiger partial charge >= 0.3 is 0 Å². The summed E-state index contributed by atoms with van der Waals surface area (Å²) in [6.07, 6.45) is 2.64. The van der Waals surface area contributed by atoms with E-state index >= 15 is 0 Å². The molecule has 6 heteroatoms. The molecular formula is C25H34N4O2. The lowest BCUT2D eigenvalue weighted by Gasteiger charge is -2.32. The topological polar surface area (TPSA) is 73.5 Å². The molecule has 0 bridgehead atoms. The highest BCUT2D eigenvalue weighted by atomic mass is 16.2. The van der Waals surface area contributed by atoms with Crippen LogP contribution in [-0.2, 0) is 4.79 Å². The van der Waals surface area contributed by atoms with Crippen molar-refractivity contribution in [3.8, 4) is 0 Å². The summed E-state index contributed by atoms with van der Waals surface area (Å²) in [7, 11) is 0. The Morgan fingerprint density at radius 1 is 1.00 bits per heavy atom. The molecule has 1 saturated heterocycles. The number of hydrogen-bond acceptors (Lipinski definition) is 4. The molecule has 0 saturated carbocycles. The van der Waals surface area contributed by atoms with E-state index in [1.807, 2.05) is 43.3 Å². The van der Waals surface area contributed by atoms with Crippen molar-refractivity contribution in [2.24, 2.45) is 0 Å². The zero-order valence-electron chi connectivity index (χ0n) is 18.8. The van der Waals surface area contributed by atoms with E-state index in [4.69, 9.17) is 0 Å². The molecule has 166 valence electrons. The zero-order valence-corrected chi connectivity index (χ0v) is 18.8. The molecule has 0 atom stereocenters. The van der Waals surface area contributed by atoms with Crippen LogP contribution >= 0.6 is 0 Å². The number of benzene rings is 2. The van der Waals surface area contributed by atoms with Crippen LogP contribution in [0.3, 0.4) is 0 Å². The monoisotopic (exact) mass is 422 g/mol. The Kier molecular flexibility index (Phi) is 8.06. The van der Waals surface area contributed by atoms with Gasteiger partial charge < -0.3 is 16.0 Å². The number of nitrogens with zero attached hydrogens (tertiary/aromatic N) is 1. The third-order valence-corrected chi connectivity index (χ3v) is 5.91. The molecule has 1 aliphatic rings. The number of nitrogens with one attached hydrogen (secondary N) is 3. The van der Waals surface area contributed by atoms with Gasteiger partial charge in [-0.1, -0.05) is 31.2 Å². The predicted molar refractivity (Wildman–Crippen MR) is 126 cm³/mol. The summed E-state index contributed by atoms with van der Waals surface area (Å²) in [5.74, 6) is 0.0170. The van der Waals surface area contributed by atoms with Crippen LogP contribution < -0.4 is 16.0 Å². The number of anilines is 2. The van der Waals surface area contributed by atoms with Crippen LogP contribution in [0.1, 0.15) is 47.7 Å². The highest BCUT2D eigenvalue weighted by Crippen LogP contribution is 2.25. The van der Waals surface area contributed by atoms with Crippen LogP contribution in [0.25, 0.3) is 0 Å². The predicted octanol–water partition coefficient (Wildman–Crippen LogP) is 3.77. The van der Waals surface area contributed by atoms with Crippen molar-refractivity contribution in [3.05, 3.63) is 59.2 Å². The number of aryl methyl sites for hydroxylation is 1. The van der Waals surface area contributed by atoms with Gasteiger partial charge in [0.25, 0.3) is 5.91 Å². The van der Waals surface area contributed by atoms with Gasteiger partial charge in [0.1, 0.15) is 0 Å². The molecule has 6 nitrogen and oxygen atoms in total. The molecule has 0 radical (unpaired) electrons. The van der Waals surface area contributed by atoms with Crippen molar-refractivity contribution in [2.45, 2.75) is 46.1 Å². The Hall–Kier alpha value is -2.86. The SMILES string of the molecule is CCCNC(=O)CN1CCC(NC(=O)c2ccccc2Nc2cccc(C)c2C)CC1. The maximum absolute atomic E-state index is 13.0. The first-order valence-electron chi connectivity index (χ1n) is 11.2. The summed E-state index contributed by atoms with van der Waals surface area (Å²) in [5.41, 5.74) is 4.84. The van der Waals surface area contributed by atoms with Crippen molar-refractivity contribution < 1.29 is 9.59 Å². The summed E-state index contributed by atoms with van der Waals surface area (Å²) in [6.45, 7) is 8.99. The largest absolute Gasteiger partial charge is 0.355 e. The fraction of sp³-hybridized carbons (Fsp3) is 0.440. The Balaban J connectivity index is 1.57. The molecule has 2 aromatic carbocycles. The summed E-state index contributed by atoms with van der Waals surface area (Å²) < 4.78 is 0. The minimum absolute atomic E-state index is 0.0625. The molecule has 2 aromatic rings. The number of rotatable bonds is 8. The van der Waals surface area contributed by atoms with Crippen molar-refractivity contribution in [3.63, 3.8) is 0 Å². The van der Waals surface area contributed by atoms with Crippen molar-refractivity contribution in [1.82, 2.24) is 15.5 Å². The minimum atomic E-state index is -0.0625. The normalized spacial score (nSPS) is 14.8. The molecule has 1 aliphatic heterocycles. The van der Waals surface area contributed by atoms with Gasteiger partial charge in [0.2, 0.25) is 5.91 Å². The highest BCUT2D eigenvalue weighted by Gasteiger charge is 2.23. The van der Waals surface area contributed by atoms with Crippen molar-refractivity contribution in [2.75, 3.05) is 31.5 Å². The van der Waals surface area contributed by atoms with Crippen molar-refractivity contribution in [1.29, 1.82) is 0 Å². The molecule has 1 heterocycles. The molecule has 3 rings (SSSR count). The smallest absolute Gasteiger partial charge is 0.253 e. The lowest BCUT2D eigenvalue weighted by Crippen LogP contribution is -2.47. The van der Waals surface area contributed by atoms with Gasteiger partial charge in [0, 0.05) is 31.4 Å². The minimum Gasteiger partial charge on any atom is -0.355 e. The molecular weight excluding hydrogens is 388 g/mol. The number of carbonyl (C=O) groups is 2. The summed E-state index contributed by atoms with van der Waals surface area (Å²) >= 11 is 0. The van der Waals surface area contributed by atoms with Crippen LogP contribution in [0.5, 0.6) is 0 Å². The number of amides is 2. The first kappa shape index (κ1) is 22.8. The van der Waals surface area contributed by atoms with E-state index in [0.29, 0.717) is 12.1 Å². The summed E-state index contributed by atoms with van der Waals surface area (Å²) in [4.78, 5) is 27.1. The van der Waals surface area contributed by atoms with E-state index in [9.17, 15) is 9.59 Å². The van der Waals surface area contributed by atoms with Crippen LogP contribution in [0.4, 0.5) is 11.4 Å². The average Bonchev–Trinajstić information content (AvgIpc) is 2.77. The summed E-state index contributed by atoms with van der Waals surface area (Å²) in [6, 6.07) is 13.9. The zero-order chi connectivity index (χ0) is 22.2. The maximum Gasteiger partial charge on any atom is 0.253 e. The second-order valence-electron chi connectivity index (χ2n) is 8.29. The Labute approximate surface area is 185 Å². The van der Waals surface area contributed by atoms with Gasteiger partial charge in [-0.2, -0.15) is 0 Å². The molecule has 1 fully saturated rings. The van der Waals surface area contributed by atoms with Crippen molar-refractivity contribution >= 4 is 23.2 Å². The molecule has 0 aliphatic carbocycles. The molecule has 2 amide bonds. The van der Waals surface area contributed by atoms with Gasteiger partial charge in [-0.3, -0.25) is 14.5 Å². The highest BCUT2D eigenvalue weighted by molar-refractivity contribution is 6.00. The van der Waals surface area contributed by atoms with E-state index < -0.39 is 0 Å². The summed E-state index contributed by atoms with van der Waals surface area (Å²) in [5, 5.41) is 9.54. The van der Waals surface area contributed by atoms with E-state index in [1.54, 1.807) is 0 Å². The molecule has 0 aromatic heterocycles. The van der Waals surface area contributed by atoms with Gasteiger partial charge in [0.15, 0.2) is 0 Å². The third kappa shape index (κ3) is 6.31. The Morgan fingerprint density at radius 3 is 2.45 bits per heavy atom. The molecule has 0 spiro atoms. The standard InChI is InChI=1S/C25H34N4O2/c1-4-14-26-24(30)17-29-15-12-20(13-16-29)27-25(31)21-9-5-6-10-23(21)28-22-11-7-8-18(2)19(22)3/h5-11,20,28H,4,12-17H2,1-3H3,(H,26,30)(H,27,31). The quantitative estimate of drug-likeness (QED) is 0.606. The van der Waals surface area contributed by atoms with E-state index in [1.165, 1.54) is 11.1 Å². The van der Waals surface area contributed by atoms with E-state index in [-0.39, 0.29) is 17.9 Å². The second-order valence-corrected chi connectivity index (χ2v) is 8.29. The van der Waals surface area contributed by atoms with Crippen LogP contribution in [-0.4, -0.2) is 48.9 Å². The van der Waals surface area contributed by atoms with Gasteiger partial charge in [-0.25, -0.2) is 0 Å². The van der Waals surface area contributed by atoms with E-state index in [2.05, 4.69) is 40.8 Å². The number of piperidine rings is 1. The first-order valence-corrected chi connectivity index (χ1v) is 11.2. The number of likely N-dealkylation sites (tertiary alicyclic amines) is 1. The number of carbonyl (C=O) groups excluding carboxylic acids is 2. The average molecular weight is 423 g/mol. The first-order chi connectivity index (χ1) is 15.0. The lowest BCUT2D eigenvalue weighted by molar-refractivity contribution is -0.122. The number of hydrogen-bond donors (Lipinski definition) is 3. The fourth-order valence-corrected chi connectivity index (χ4v) is 3.84. The number of para-hydroxylation sites is 1. The van der Waals surface area contributed by atoms with E-state index in [0.717, 1.165) is 50.3 Å². The third-order valence-electron chi connectivity index (χ3n) is 5.91. The van der Waals surface area contributed by atoms with Gasteiger partial charge in [-0.15, -0.1) is 0 Å². The van der Waals surface area contributed by atoms with Crippen LogP contribution in [0.2, 0.25) is 0 Å². The molecule has 0 unspecified atom stereocenters. The molecule has 31 heavy (non-hydrogen) atoms. The Bertz CT molecular complexity index is 904. The van der Waals surface area contributed by atoms with Gasteiger partial charge in [-0.05, 0) is 62.4 Å². The van der Waals surface area contributed by atoms with Crippen LogP contribution in [0.15, 0.2) is 42.5 Å². The van der Waals surface area contributed by atoms with Crippen LogP contribution in [0, 0.1) is 13.8 Å². The maximum atomic E-state index is 13.0. The van der Waals surface area contributed by atoms with Gasteiger partial charge in [0.05, 0.1) is 17.8 Å². The second kappa shape index (κ2) is 11.0. The lowest BCUT2D eigenvalue weighted by atomic mass is 10.0. The Morgan fingerprint density at radius 2 is 1.71 bits per heavy atom. The fourth-order valence-electron chi connectivity index (χ4n) is 3.84. The molecule has 3 N–H and O–H groups in total.